The number of aryl methyl sites for hydroxylation is 2. The van der Waals surface area contributed by atoms with Crippen LogP contribution in [-0.4, -0.2) is 57.5 Å². The zero-order chi connectivity index (χ0) is 20.7. The van der Waals surface area contributed by atoms with Gasteiger partial charge in [-0.2, -0.15) is 12.7 Å². The van der Waals surface area contributed by atoms with Crippen molar-refractivity contribution < 1.29 is 22.1 Å². The minimum Gasteiger partial charge on any atom is -0.383 e. The van der Waals surface area contributed by atoms with E-state index in [0.717, 1.165) is 26.9 Å². The zero-order valence-corrected chi connectivity index (χ0v) is 18.0. The number of hydrogen-bond donors (Lipinski definition) is 1. The Bertz CT molecular complexity index is 894. The summed E-state index contributed by atoms with van der Waals surface area (Å²) in [6, 6.07) is 8.22. The summed E-state index contributed by atoms with van der Waals surface area (Å²) < 4.78 is 34.5. The van der Waals surface area contributed by atoms with Gasteiger partial charge in [0.05, 0.1) is 12.3 Å². The Kier molecular flexibility index (Phi) is 8.08. The third-order valence-corrected chi connectivity index (χ3v) is 6.39. The van der Waals surface area contributed by atoms with Crippen molar-refractivity contribution in [1.82, 2.24) is 9.29 Å². The van der Waals surface area contributed by atoms with Crippen molar-refractivity contribution in [3.63, 3.8) is 0 Å². The summed E-state index contributed by atoms with van der Waals surface area (Å²) in [7, 11) is -1.17. The average Bonchev–Trinajstić information content (AvgIpc) is 2.98. The summed E-state index contributed by atoms with van der Waals surface area (Å²) in [6.45, 7) is 3.65. The maximum Gasteiger partial charge on any atom is 0.338 e. The lowest BCUT2D eigenvalue weighted by atomic mass is 10.1. The number of aromatic nitrogens is 1. The molecule has 1 heterocycles. The van der Waals surface area contributed by atoms with Gasteiger partial charge in [0.2, 0.25) is 0 Å². The van der Waals surface area contributed by atoms with Crippen LogP contribution in [0, 0.1) is 13.8 Å². The number of ether oxygens (including phenoxy) is 1. The van der Waals surface area contributed by atoms with Crippen molar-refractivity contribution in [3.05, 3.63) is 46.0 Å². The van der Waals surface area contributed by atoms with Crippen LogP contribution in [0.1, 0.15) is 21.7 Å². The Hall–Kier alpha value is -1.85. The first-order chi connectivity index (χ1) is 13.2. The van der Waals surface area contributed by atoms with Crippen LogP contribution in [0.5, 0.6) is 0 Å². The van der Waals surface area contributed by atoms with Crippen molar-refractivity contribution in [2.75, 3.05) is 39.2 Å². The molecule has 1 N–H and O–H groups in total. The van der Waals surface area contributed by atoms with Crippen LogP contribution in [0.15, 0.2) is 24.3 Å². The molecule has 1 aromatic heterocycles. The fraction of sp³-hybridized carbons (Fsp3) is 0.444. The number of nitrogens with zero attached hydrogens (tertiary/aromatic N) is 2. The van der Waals surface area contributed by atoms with Crippen LogP contribution in [0.4, 0.5) is 5.13 Å². The second-order valence-electron chi connectivity index (χ2n) is 6.27. The van der Waals surface area contributed by atoms with Crippen LogP contribution in [0.2, 0.25) is 0 Å². The maximum atomic E-state index is 12.0. The third-order valence-electron chi connectivity index (χ3n) is 3.96. The highest BCUT2D eigenvalue weighted by atomic mass is 32.2. The summed E-state index contributed by atoms with van der Waals surface area (Å²) in [4.78, 5) is 17.4. The molecule has 0 unspecified atom stereocenters. The van der Waals surface area contributed by atoms with Gasteiger partial charge in [-0.1, -0.05) is 29.8 Å². The van der Waals surface area contributed by atoms with Crippen molar-refractivity contribution in [2.45, 2.75) is 20.3 Å². The summed E-state index contributed by atoms with van der Waals surface area (Å²) in [5.41, 5.74) is 3.18. The monoisotopic (exact) mass is 427 g/mol. The van der Waals surface area contributed by atoms with Gasteiger partial charge in [-0.15, -0.1) is 11.3 Å². The highest BCUT2D eigenvalue weighted by molar-refractivity contribution is 7.84. The first-order valence-electron chi connectivity index (χ1n) is 8.62. The fourth-order valence-electron chi connectivity index (χ4n) is 2.24. The lowest BCUT2D eigenvalue weighted by Gasteiger charge is -2.15. The first kappa shape index (κ1) is 22.4. The topological polar surface area (TPSA) is 97.8 Å². The van der Waals surface area contributed by atoms with Crippen molar-refractivity contribution in [1.29, 1.82) is 0 Å². The second kappa shape index (κ2) is 10.1. The molecule has 0 bridgehead atoms. The molecule has 2 rings (SSSR count). The number of anilines is 1. The van der Waals surface area contributed by atoms with Gasteiger partial charge in [0.25, 0.3) is 5.91 Å². The summed E-state index contributed by atoms with van der Waals surface area (Å²) >= 11 is 1.36. The van der Waals surface area contributed by atoms with E-state index in [4.69, 9.17) is 8.92 Å². The predicted molar refractivity (Wildman–Crippen MR) is 109 cm³/mol. The van der Waals surface area contributed by atoms with Crippen LogP contribution in [0.3, 0.4) is 0 Å². The number of benzene rings is 1. The van der Waals surface area contributed by atoms with Crippen molar-refractivity contribution >= 4 is 32.7 Å². The van der Waals surface area contributed by atoms with E-state index in [9.17, 15) is 13.2 Å². The minimum atomic E-state index is -3.99. The number of amides is 1. The highest BCUT2D eigenvalue weighted by Crippen LogP contribution is 2.25. The smallest absolute Gasteiger partial charge is 0.338 e. The molecule has 28 heavy (non-hydrogen) atoms. The standard InChI is InChI=1S/C18H25N3O5S2/c1-13-5-7-15(8-6-13)11-16-14(2)19-18(27-16)20-17(22)12-26-28(23,24)21(3)9-10-25-4/h5-8H,9-12H2,1-4H3,(H,19,20,22). The highest BCUT2D eigenvalue weighted by Gasteiger charge is 2.20. The largest absolute Gasteiger partial charge is 0.383 e. The van der Waals surface area contributed by atoms with E-state index in [1.165, 1.54) is 31.1 Å². The summed E-state index contributed by atoms with van der Waals surface area (Å²) in [5.74, 6) is -0.584. The van der Waals surface area contributed by atoms with Gasteiger partial charge in [0.1, 0.15) is 6.61 Å². The summed E-state index contributed by atoms with van der Waals surface area (Å²) in [5, 5.41) is 3.00. The molecule has 10 heteroatoms. The number of hydrogen-bond acceptors (Lipinski definition) is 7. The lowest BCUT2D eigenvalue weighted by molar-refractivity contribution is -0.118. The SMILES string of the molecule is COCCN(C)S(=O)(=O)OCC(=O)Nc1nc(C)c(Cc2ccc(C)cc2)s1. The predicted octanol–water partition coefficient (Wildman–Crippen LogP) is 2.13. The summed E-state index contributed by atoms with van der Waals surface area (Å²) in [6.07, 6.45) is 0.717. The van der Waals surface area contributed by atoms with Crippen LogP contribution >= 0.6 is 11.3 Å². The van der Waals surface area contributed by atoms with E-state index >= 15 is 0 Å². The molecular formula is C18H25N3O5S2. The maximum absolute atomic E-state index is 12.0. The van der Waals surface area contributed by atoms with Crippen molar-refractivity contribution in [3.8, 4) is 0 Å². The molecule has 0 aliphatic carbocycles. The number of rotatable bonds is 10. The molecule has 0 saturated carbocycles. The van der Waals surface area contributed by atoms with Crippen molar-refractivity contribution in [2.24, 2.45) is 0 Å². The van der Waals surface area contributed by atoms with Gasteiger partial charge in [0, 0.05) is 32.0 Å². The van der Waals surface area contributed by atoms with Gasteiger partial charge in [-0.25, -0.2) is 9.17 Å². The lowest BCUT2D eigenvalue weighted by Crippen LogP contribution is -2.33. The molecule has 0 fully saturated rings. The quantitative estimate of drug-likeness (QED) is 0.624. The molecule has 1 aromatic carbocycles. The van der Waals surface area contributed by atoms with Gasteiger partial charge in [-0.3, -0.25) is 10.1 Å². The van der Waals surface area contributed by atoms with Gasteiger partial charge >= 0.3 is 10.3 Å². The van der Waals surface area contributed by atoms with E-state index in [2.05, 4.69) is 34.6 Å². The first-order valence-corrected chi connectivity index (χ1v) is 10.8. The van der Waals surface area contributed by atoms with Gasteiger partial charge in [-0.05, 0) is 19.4 Å². The van der Waals surface area contributed by atoms with Crippen LogP contribution < -0.4 is 5.32 Å². The van der Waals surface area contributed by atoms with E-state index in [1.54, 1.807) is 0 Å². The molecule has 1 amide bonds. The molecule has 0 aliphatic heterocycles. The Labute approximate surface area is 169 Å². The molecule has 0 aliphatic rings. The van der Waals surface area contributed by atoms with E-state index < -0.39 is 22.8 Å². The Balaban J connectivity index is 1.91. The Morgan fingerprint density at radius 1 is 1.25 bits per heavy atom. The molecule has 154 valence electrons. The van der Waals surface area contributed by atoms with E-state index in [0.29, 0.717) is 5.13 Å². The number of carbonyl (C=O) groups is 1. The second-order valence-corrected chi connectivity index (χ2v) is 9.07. The number of nitrogens with one attached hydrogen (secondary N) is 1. The van der Waals surface area contributed by atoms with Crippen LogP contribution in [0.25, 0.3) is 0 Å². The number of likely N-dealkylation sites (N-methyl/N-ethyl adjacent to an activating group) is 1. The normalized spacial score (nSPS) is 11.8. The van der Waals surface area contributed by atoms with Gasteiger partial charge < -0.3 is 4.74 Å². The molecule has 2 aromatic rings. The number of methoxy groups -OCH3 is 1. The third kappa shape index (κ3) is 6.64. The fourth-order valence-corrected chi connectivity index (χ4v) is 3.99. The number of thiazole rings is 1. The molecule has 0 saturated heterocycles. The minimum absolute atomic E-state index is 0.133. The van der Waals surface area contributed by atoms with Gasteiger partial charge in [0.15, 0.2) is 5.13 Å². The molecule has 0 atom stereocenters. The molecule has 0 spiro atoms. The zero-order valence-electron chi connectivity index (χ0n) is 16.4. The van der Waals surface area contributed by atoms with E-state index in [-0.39, 0.29) is 13.2 Å². The molecule has 0 radical (unpaired) electrons. The molecular weight excluding hydrogens is 402 g/mol. The van der Waals surface area contributed by atoms with E-state index in [1.807, 2.05) is 13.8 Å². The number of carbonyl (C=O) groups excluding carboxylic acids is 1. The molecule has 8 nitrogen and oxygen atoms in total. The van der Waals surface area contributed by atoms with Crippen LogP contribution in [-0.2, 0) is 30.4 Å². The average molecular weight is 428 g/mol. The Morgan fingerprint density at radius 3 is 2.57 bits per heavy atom. The Morgan fingerprint density at radius 2 is 1.93 bits per heavy atom.